The summed E-state index contributed by atoms with van der Waals surface area (Å²) in [6.07, 6.45) is 4.18. The molecule has 1 aliphatic carbocycles. The number of benzene rings is 1. The van der Waals surface area contributed by atoms with E-state index in [1.807, 2.05) is 41.5 Å². The lowest BCUT2D eigenvalue weighted by atomic mass is 9.83. The molecule has 2 unspecified atom stereocenters. The van der Waals surface area contributed by atoms with Gasteiger partial charge in [0, 0.05) is 20.6 Å². The molecule has 0 spiro atoms. The summed E-state index contributed by atoms with van der Waals surface area (Å²) in [5.74, 6) is -4.11. The van der Waals surface area contributed by atoms with Crippen molar-refractivity contribution in [3.8, 4) is 0 Å². The van der Waals surface area contributed by atoms with Crippen molar-refractivity contribution in [1.29, 1.82) is 0 Å². The lowest BCUT2D eigenvalue weighted by molar-refractivity contribution is -0.143. The number of ether oxygens (including phenoxy) is 1. The third-order valence-corrected chi connectivity index (χ3v) is 9.61. The zero-order chi connectivity index (χ0) is 39.5. The first-order valence-electron chi connectivity index (χ1n) is 18.8. The van der Waals surface area contributed by atoms with Gasteiger partial charge >= 0.3 is 6.09 Å². The van der Waals surface area contributed by atoms with E-state index < -0.39 is 65.7 Å². The molecule has 53 heavy (non-hydrogen) atoms. The van der Waals surface area contributed by atoms with Crippen molar-refractivity contribution < 1.29 is 38.3 Å². The number of ketones is 1. The summed E-state index contributed by atoms with van der Waals surface area (Å²) in [5.41, 5.74) is 0.108. The van der Waals surface area contributed by atoms with E-state index in [1.165, 1.54) is 9.80 Å². The number of carbonyl (C=O) groups is 7. The number of hydrogen-bond donors (Lipinski definition) is 4. The standard InChI is InChI=1S/C39H60N6O8/c1-24(2)19-28(33(47)35(49)40-21-30(46)42-31(36(50)44(7)8)26-15-11-9-12-16-26)41-34(48)29-20-39(5,6)23-45(29)37(51)32(27-17-13-10-14-18-27)43-38(52)53-22-25(3)4/h9,11-12,15-16,24-25,27-29,31-32H,10,13-14,17-23H2,1-8H3,(H,40,49)(H,41,48)(H,42,46)(H,43,52)/t28-,29?,31-,32?/m0/s1. The number of likely N-dealkylation sites (N-methyl/N-ethyl adjacent to an activating group) is 1. The summed E-state index contributed by atoms with van der Waals surface area (Å²) in [6, 6.07) is 4.60. The fourth-order valence-corrected chi connectivity index (χ4v) is 6.95. The predicted molar refractivity (Wildman–Crippen MR) is 199 cm³/mol. The topological polar surface area (TPSA) is 183 Å². The maximum Gasteiger partial charge on any atom is 0.407 e. The SMILES string of the molecule is CC(C)COC(=O)NC(C(=O)N1CC(C)(C)CC1C(=O)N[C@@H](CC(C)C)C(=O)C(=O)NCC(=O)N[C@H](C(=O)N(C)C)c1ccccc1)C1CCCCC1. The van der Waals surface area contributed by atoms with Gasteiger partial charge in [0.25, 0.3) is 5.91 Å². The molecule has 1 heterocycles. The maximum atomic E-state index is 14.3. The molecule has 14 heteroatoms. The first kappa shape index (κ1) is 42.9. The highest BCUT2D eigenvalue weighted by Gasteiger charge is 2.47. The summed E-state index contributed by atoms with van der Waals surface area (Å²) in [6.45, 7) is 11.3. The van der Waals surface area contributed by atoms with Crippen molar-refractivity contribution in [2.45, 2.75) is 111 Å². The van der Waals surface area contributed by atoms with Crippen LogP contribution >= 0.6 is 0 Å². The quantitative estimate of drug-likeness (QED) is 0.187. The van der Waals surface area contributed by atoms with Crippen molar-refractivity contribution in [3.63, 3.8) is 0 Å². The molecule has 2 fully saturated rings. The van der Waals surface area contributed by atoms with E-state index in [2.05, 4.69) is 21.3 Å². The fraction of sp³-hybridized carbons (Fsp3) is 0.667. The number of hydrogen-bond acceptors (Lipinski definition) is 8. The Balaban J connectivity index is 1.74. The van der Waals surface area contributed by atoms with E-state index in [0.29, 0.717) is 12.0 Å². The largest absolute Gasteiger partial charge is 0.449 e. The van der Waals surface area contributed by atoms with Crippen molar-refractivity contribution >= 4 is 41.4 Å². The van der Waals surface area contributed by atoms with Gasteiger partial charge in [-0.15, -0.1) is 0 Å². The summed E-state index contributed by atoms with van der Waals surface area (Å²) in [7, 11) is 3.12. The molecule has 14 nitrogen and oxygen atoms in total. The molecule has 4 atom stereocenters. The smallest absolute Gasteiger partial charge is 0.407 e. The van der Waals surface area contributed by atoms with E-state index >= 15 is 0 Å². The van der Waals surface area contributed by atoms with Crippen molar-refractivity contribution in [1.82, 2.24) is 31.1 Å². The normalized spacial score (nSPS) is 18.8. The average Bonchev–Trinajstić information content (AvgIpc) is 3.45. The van der Waals surface area contributed by atoms with Crippen LogP contribution in [-0.2, 0) is 33.5 Å². The Bertz CT molecular complexity index is 1460. The Morgan fingerprint density at radius 2 is 1.53 bits per heavy atom. The number of nitrogens with zero attached hydrogens (tertiary/aromatic N) is 2. The number of carbonyl (C=O) groups excluding carboxylic acids is 7. The molecule has 1 saturated heterocycles. The van der Waals surface area contributed by atoms with E-state index in [9.17, 15) is 33.6 Å². The summed E-state index contributed by atoms with van der Waals surface area (Å²) < 4.78 is 5.37. The second kappa shape index (κ2) is 19.5. The van der Waals surface area contributed by atoms with Gasteiger partial charge in [-0.1, -0.05) is 91.1 Å². The van der Waals surface area contributed by atoms with E-state index in [1.54, 1.807) is 44.4 Å². The molecule has 1 aliphatic heterocycles. The van der Waals surface area contributed by atoms with Crippen molar-refractivity contribution in [3.05, 3.63) is 35.9 Å². The maximum absolute atomic E-state index is 14.3. The van der Waals surface area contributed by atoms with Crippen LogP contribution in [0.5, 0.6) is 0 Å². The number of amides is 6. The van der Waals surface area contributed by atoms with Crippen LogP contribution in [0, 0.1) is 23.2 Å². The Kier molecular flexibility index (Phi) is 15.8. The van der Waals surface area contributed by atoms with Crippen LogP contribution in [0.25, 0.3) is 0 Å². The second-order valence-electron chi connectivity index (χ2n) is 16.2. The number of nitrogens with one attached hydrogen (secondary N) is 4. The second-order valence-corrected chi connectivity index (χ2v) is 16.2. The summed E-state index contributed by atoms with van der Waals surface area (Å²) in [5, 5.41) is 10.5. The Hall–Kier alpha value is -4.49. The van der Waals surface area contributed by atoms with Gasteiger partial charge in [0.15, 0.2) is 0 Å². The van der Waals surface area contributed by atoms with Crippen LogP contribution in [0.15, 0.2) is 30.3 Å². The molecule has 6 amide bonds. The molecule has 1 saturated carbocycles. The van der Waals surface area contributed by atoms with Crippen LogP contribution in [0.2, 0.25) is 0 Å². The minimum atomic E-state index is -1.23. The molecular weight excluding hydrogens is 680 g/mol. The number of Topliss-reactive ketones (excluding diaryl/α,β-unsaturated/α-hetero) is 1. The van der Waals surface area contributed by atoms with E-state index in [-0.39, 0.29) is 49.1 Å². The lowest BCUT2D eigenvalue weighted by Gasteiger charge is -2.35. The minimum absolute atomic E-state index is 0.0986. The van der Waals surface area contributed by atoms with Gasteiger partial charge in [0.1, 0.15) is 18.1 Å². The molecule has 1 aromatic rings. The van der Waals surface area contributed by atoms with Gasteiger partial charge in [-0.05, 0) is 54.4 Å². The Morgan fingerprint density at radius 3 is 2.11 bits per heavy atom. The van der Waals surface area contributed by atoms with Gasteiger partial charge in [0.05, 0.1) is 19.2 Å². The highest BCUT2D eigenvalue weighted by atomic mass is 16.5. The van der Waals surface area contributed by atoms with Crippen LogP contribution in [0.3, 0.4) is 0 Å². The first-order valence-corrected chi connectivity index (χ1v) is 18.8. The summed E-state index contributed by atoms with van der Waals surface area (Å²) >= 11 is 0. The van der Waals surface area contributed by atoms with Crippen molar-refractivity contribution in [2.75, 3.05) is 33.8 Å². The Labute approximate surface area is 313 Å². The third-order valence-electron chi connectivity index (χ3n) is 9.61. The fourth-order valence-electron chi connectivity index (χ4n) is 6.95. The monoisotopic (exact) mass is 740 g/mol. The van der Waals surface area contributed by atoms with Gasteiger partial charge in [-0.25, -0.2) is 4.79 Å². The minimum Gasteiger partial charge on any atom is -0.449 e. The molecule has 1 aromatic carbocycles. The molecule has 0 radical (unpaired) electrons. The molecular formula is C39H60N6O8. The zero-order valence-corrected chi connectivity index (χ0v) is 32.7. The third kappa shape index (κ3) is 12.8. The number of rotatable bonds is 16. The average molecular weight is 741 g/mol. The Morgan fingerprint density at radius 1 is 0.887 bits per heavy atom. The van der Waals surface area contributed by atoms with Crippen molar-refractivity contribution in [2.24, 2.45) is 23.2 Å². The van der Waals surface area contributed by atoms with Crippen LogP contribution in [0.1, 0.15) is 98.1 Å². The molecule has 3 rings (SSSR count). The van der Waals surface area contributed by atoms with Gasteiger partial charge < -0.3 is 35.8 Å². The van der Waals surface area contributed by atoms with Gasteiger partial charge in [-0.3, -0.25) is 28.8 Å². The molecule has 4 N–H and O–H groups in total. The van der Waals surface area contributed by atoms with Gasteiger partial charge in [-0.2, -0.15) is 0 Å². The summed E-state index contributed by atoms with van der Waals surface area (Å²) in [4.78, 5) is 96.3. The zero-order valence-electron chi connectivity index (χ0n) is 32.7. The van der Waals surface area contributed by atoms with Crippen LogP contribution in [0.4, 0.5) is 4.79 Å². The molecule has 0 aromatic heterocycles. The lowest BCUT2D eigenvalue weighted by Crippen LogP contribution is -2.58. The predicted octanol–water partition coefficient (Wildman–Crippen LogP) is 3.11. The molecule has 0 bridgehead atoms. The van der Waals surface area contributed by atoms with E-state index in [4.69, 9.17) is 4.74 Å². The molecule has 294 valence electrons. The van der Waals surface area contributed by atoms with Gasteiger partial charge in [0.2, 0.25) is 29.4 Å². The highest BCUT2D eigenvalue weighted by Crippen LogP contribution is 2.36. The molecule has 2 aliphatic rings. The highest BCUT2D eigenvalue weighted by molar-refractivity contribution is 6.38. The van der Waals surface area contributed by atoms with Crippen LogP contribution in [-0.4, -0.2) is 103 Å². The first-order chi connectivity index (χ1) is 24.9. The van der Waals surface area contributed by atoms with E-state index in [0.717, 1.165) is 32.1 Å². The van der Waals surface area contributed by atoms with Crippen LogP contribution < -0.4 is 21.3 Å². The number of likely N-dealkylation sites (tertiary alicyclic amines) is 1. The number of alkyl carbamates (subject to hydrolysis) is 1.